The summed E-state index contributed by atoms with van der Waals surface area (Å²) in [5.74, 6) is -2.78. The van der Waals surface area contributed by atoms with E-state index in [0.29, 0.717) is 17.7 Å². The monoisotopic (exact) mass is 647 g/mol. The Morgan fingerprint density at radius 1 is 0.651 bits per heavy atom. The largest absolute Gasteiger partial charge is 0.462 e. The highest BCUT2D eigenvalue weighted by atomic mass is 79.9. The second-order valence-electron chi connectivity index (χ2n) is 10.4. The average Bonchev–Trinajstić information content (AvgIpc) is 3.27. The molecule has 3 aromatic carbocycles. The number of carbonyl (C=O) groups is 5. The zero-order chi connectivity index (χ0) is 30.8. The molecule has 1 heterocycles. The third-order valence-corrected chi connectivity index (χ3v) is 7.74. The molecule has 2 amide bonds. The second-order valence-corrected chi connectivity index (χ2v) is 11.3. The van der Waals surface area contributed by atoms with Gasteiger partial charge in [0, 0.05) is 10.0 Å². The van der Waals surface area contributed by atoms with Gasteiger partial charge >= 0.3 is 11.9 Å². The van der Waals surface area contributed by atoms with Crippen LogP contribution in [0.3, 0.4) is 0 Å². The third-order valence-electron chi connectivity index (χ3n) is 7.22. The molecule has 0 bridgehead atoms. The van der Waals surface area contributed by atoms with E-state index in [4.69, 9.17) is 9.47 Å². The molecular formula is C34H34BrNO7. The van der Waals surface area contributed by atoms with Crippen molar-refractivity contribution in [3.05, 3.63) is 99.0 Å². The number of amides is 2. The molecule has 4 rings (SSSR count). The van der Waals surface area contributed by atoms with E-state index in [1.54, 1.807) is 24.3 Å². The van der Waals surface area contributed by atoms with E-state index >= 15 is 0 Å². The summed E-state index contributed by atoms with van der Waals surface area (Å²) < 4.78 is 11.3. The van der Waals surface area contributed by atoms with Gasteiger partial charge in [0.15, 0.2) is 12.4 Å². The molecule has 8 nitrogen and oxygen atoms in total. The maximum atomic E-state index is 13.2. The zero-order valence-corrected chi connectivity index (χ0v) is 25.7. The molecule has 0 N–H and O–H groups in total. The Bertz CT molecular complexity index is 1480. The normalized spacial score (nSPS) is 12.3. The van der Waals surface area contributed by atoms with Crippen LogP contribution in [0, 0.1) is 0 Å². The van der Waals surface area contributed by atoms with Crippen LogP contribution in [-0.2, 0) is 9.47 Å². The molecule has 0 atom stereocenters. The number of halogens is 1. The highest BCUT2D eigenvalue weighted by Crippen LogP contribution is 2.29. The number of nitrogens with zero attached hydrogens (tertiary/aromatic N) is 1. The maximum Gasteiger partial charge on any atom is 0.338 e. The van der Waals surface area contributed by atoms with Gasteiger partial charge in [-0.3, -0.25) is 14.4 Å². The first kappa shape index (κ1) is 31.8. The molecule has 3 aromatic rings. The Balaban J connectivity index is 1.30. The fraction of sp³-hybridized carbons (Fsp3) is 0.324. The van der Waals surface area contributed by atoms with Gasteiger partial charge in [-0.25, -0.2) is 14.5 Å². The van der Waals surface area contributed by atoms with Crippen LogP contribution in [0.1, 0.15) is 110 Å². The Kier molecular flexibility index (Phi) is 11.4. The molecule has 0 spiro atoms. The van der Waals surface area contributed by atoms with Crippen LogP contribution in [-0.4, -0.2) is 42.7 Å². The van der Waals surface area contributed by atoms with Crippen molar-refractivity contribution >= 4 is 51.2 Å². The van der Waals surface area contributed by atoms with Crippen molar-refractivity contribution in [2.24, 2.45) is 0 Å². The van der Waals surface area contributed by atoms with Crippen LogP contribution in [0.5, 0.6) is 0 Å². The molecule has 0 aromatic heterocycles. The molecule has 0 aliphatic carbocycles. The lowest BCUT2D eigenvalue weighted by atomic mass is 10.1. The van der Waals surface area contributed by atoms with E-state index in [2.05, 4.69) is 22.9 Å². The van der Waals surface area contributed by atoms with E-state index in [1.807, 2.05) is 0 Å². The number of ether oxygens (including phenoxy) is 2. The Labute approximate surface area is 259 Å². The molecule has 0 unspecified atom stereocenters. The number of Topliss-reactive ketones (excluding diaryl/α,β-unsaturated/α-hetero) is 1. The molecule has 0 saturated carbocycles. The first-order valence-corrected chi connectivity index (χ1v) is 15.4. The first-order valence-electron chi connectivity index (χ1n) is 14.6. The summed E-state index contributed by atoms with van der Waals surface area (Å²) in [7, 11) is 0. The summed E-state index contributed by atoms with van der Waals surface area (Å²) in [6, 6.07) is 16.8. The number of fused-ring (bicyclic) bond motifs is 1. The molecule has 0 saturated heterocycles. The summed E-state index contributed by atoms with van der Waals surface area (Å²) in [6.45, 7) is 2.07. The van der Waals surface area contributed by atoms with E-state index in [-0.39, 0.29) is 28.2 Å². The number of hydrogen-bond acceptors (Lipinski definition) is 7. The topological polar surface area (TPSA) is 107 Å². The Hall–Kier alpha value is -4.11. The Morgan fingerprint density at radius 3 is 1.88 bits per heavy atom. The number of benzene rings is 3. The van der Waals surface area contributed by atoms with Crippen molar-refractivity contribution in [2.45, 2.75) is 58.3 Å². The number of esters is 2. The summed E-state index contributed by atoms with van der Waals surface area (Å²) in [5.41, 5.74) is 1.23. The predicted molar refractivity (Wildman–Crippen MR) is 166 cm³/mol. The van der Waals surface area contributed by atoms with Gasteiger partial charge in [0.25, 0.3) is 11.8 Å². The SMILES string of the molecule is CCCCCCCCCCOC(=O)c1ccc(N2C(=O)c3ccc(C(=O)OCC(=O)c4ccc(Br)cc4)cc3C2=O)cc1. The van der Waals surface area contributed by atoms with Crippen molar-refractivity contribution in [3.63, 3.8) is 0 Å². The smallest absolute Gasteiger partial charge is 0.338 e. The number of rotatable bonds is 15. The van der Waals surface area contributed by atoms with Gasteiger partial charge < -0.3 is 9.47 Å². The van der Waals surface area contributed by atoms with Gasteiger partial charge in [0.1, 0.15) is 0 Å². The van der Waals surface area contributed by atoms with E-state index in [1.165, 1.54) is 74.6 Å². The number of anilines is 1. The van der Waals surface area contributed by atoms with Gasteiger partial charge in [-0.1, -0.05) is 79.9 Å². The zero-order valence-electron chi connectivity index (χ0n) is 24.1. The van der Waals surface area contributed by atoms with Crippen LogP contribution >= 0.6 is 15.9 Å². The third kappa shape index (κ3) is 8.26. The molecule has 1 aliphatic rings. The van der Waals surface area contributed by atoms with Gasteiger partial charge in [-0.15, -0.1) is 0 Å². The minimum absolute atomic E-state index is 0.0416. The molecular weight excluding hydrogens is 614 g/mol. The van der Waals surface area contributed by atoms with Gasteiger partial charge in [0.05, 0.1) is 34.5 Å². The quantitative estimate of drug-likeness (QED) is 0.0724. The average molecular weight is 649 g/mol. The molecule has 43 heavy (non-hydrogen) atoms. The number of imide groups is 1. The molecule has 9 heteroatoms. The lowest BCUT2D eigenvalue weighted by molar-refractivity contribution is 0.0473. The summed E-state index contributed by atoms with van der Waals surface area (Å²) in [5, 5.41) is 0. The van der Waals surface area contributed by atoms with Crippen molar-refractivity contribution < 1.29 is 33.4 Å². The number of hydrogen-bond donors (Lipinski definition) is 0. The minimum atomic E-state index is -0.790. The van der Waals surface area contributed by atoms with E-state index in [0.717, 1.165) is 28.6 Å². The van der Waals surface area contributed by atoms with Crippen LogP contribution in [0.4, 0.5) is 5.69 Å². The molecule has 224 valence electrons. The van der Waals surface area contributed by atoms with Gasteiger partial charge in [-0.2, -0.15) is 0 Å². The summed E-state index contributed by atoms with van der Waals surface area (Å²) in [4.78, 5) is 64.6. The highest BCUT2D eigenvalue weighted by Gasteiger charge is 2.37. The van der Waals surface area contributed by atoms with Crippen molar-refractivity contribution in [1.29, 1.82) is 0 Å². The van der Waals surface area contributed by atoms with Crippen LogP contribution in [0.25, 0.3) is 0 Å². The lowest BCUT2D eigenvalue weighted by Gasteiger charge is -2.14. The molecule has 1 aliphatic heterocycles. The lowest BCUT2D eigenvalue weighted by Crippen LogP contribution is -2.29. The maximum absolute atomic E-state index is 13.2. The highest BCUT2D eigenvalue weighted by molar-refractivity contribution is 9.10. The second kappa shape index (κ2) is 15.4. The summed E-state index contributed by atoms with van der Waals surface area (Å²) in [6.07, 6.45) is 9.18. The van der Waals surface area contributed by atoms with E-state index in [9.17, 15) is 24.0 Å². The van der Waals surface area contributed by atoms with Crippen LogP contribution < -0.4 is 4.90 Å². The van der Waals surface area contributed by atoms with Crippen molar-refractivity contribution in [3.8, 4) is 0 Å². The Morgan fingerprint density at radius 2 is 1.21 bits per heavy atom. The number of carbonyl (C=O) groups excluding carboxylic acids is 5. The van der Waals surface area contributed by atoms with Crippen LogP contribution in [0.15, 0.2) is 71.2 Å². The minimum Gasteiger partial charge on any atom is -0.462 e. The van der Waals surface area contributed by atoms with E-state index < -0.39 is 30.4 Å². The summed E-state index contributed by atoms with van der Waals surface area (Å²) >= 11 is 3.30. The number of ketones is 1. The first-order chi connectivity index (χ1) is 20.8. The van der Waals surface area contributed by atoms with Crippen LogP contribution in [0.2, 0.25) is 0 Å². The molecule has 0 radical (unpaired) electrons. The standard InChI is InChI=1S/C34H34BrNO7/c1-2-3-4-5-6-7-8-9-20-42-33(40)24-12-17-27(18-13-24)36-31(38)28-19-14-25(21-29(28)32(36)39)34(41)43-22-30(37)23-10-15-26(35)16-11-23/h10-19,21H,2-9,20,22H2,1H3. The van der Waals surface area contributed by atoms with Crippen molar-refractivity contribution in [1.82, 2.24) is 0 Å². The fourth-order valence-electron chi connectivity index (χ4n) is 4.77. The fourth-order valence-corrected chi connectivity index (χ4v) is 5.03. The van der Waals surface area contributed by atoms with Gasteiger partial charge in [0.2, 0.25) is 0 Å². The molecule has 0 fully saturated rings. The van der Waals surface area contributed by atoms with Gasteiger partial charge in [-0.05, 0) is 61.0 Å². The van der Waals surface area contributed by atoms with Crippen molar-refractivity contribution in [2.75, 3.05) is 18.1 Å². The predicted octanol–water partition coefficient (Wildman–Crippen LogP) is 7.59. The number of unbranched alkanes of at least 4 members (excludes halogenated alkanes) is 7.